The van der Waals surface area contributed by atoms with Crippen molar-refractivity contribution in [2.45, 2.75) is 0 Å². The molecule has 0 aliphatic rings. The molecular formula is C25H17N5O4. The Kier molecular flexibility index (Phi) is 4.98. The molecule has 5 rings (SSSR count). The molecule has 2 aromatic heterocycles. The molecule has 0 atom stereocenters. The molecule has 0 saturated carbocycles. The van der Waals surface area contributed by atoms with Gasteiger partial charge < -0.3 is 15.9 Å². The van der Waals surface area contributed by atoms with Gasteiger partial charge in [-0.25, -0.2) is 0 Å². The summed E-state index contributed by atoms with van der Waals surface area (Å²) >= 11 is 0. The van der Waals surface area contributed by atoms with Crippen molar-refractivity contribution in [3.05, 3.63) is 90.1 Å². The highest BCUT2D eigenvalue weighted by Crippen LogP contribution is 2.38. The highest BCUT2D eigenvalue weighted by atomic mass is 16.3. The first kappa shape index (κ1) is 20.8. The molecule has 5 aromatic rings. The van der Waals surface area contributed by atoms with Crippen molar-refractivity contribution >= 4 is 39.2 Å². The number of fused-ring (bicyclic) bond motifs is 2. The maximum Gasteiger partial charge on any atom is 0.299 e. The first-order valence-electron chi connectivity index (χ1n) is 10.2. The monoisotopic (exact) mass is 451 g/mol. The quantitative estimate of drug-likeness (QED) is 0.342. The van der Waals surface area contributed by atoms with Gasteiger partial charge in [0.05, 0.1) is 22.5 Å². The van der Waals surface area contributed by atoms with Crippen LogP contribution in [-0.2, 0) is 0 Å². The molecule has 0 aliphatic heterocycles. The van der Waals surface area contributed by atoms with Crippen molar-refractivity contribution in [1.82, 2.24) is 9.55 Å². The van der Waals surface area contributed by atoms with Crippen molar-refractivity contribution < 1.29 is 19.8 Å². The molecule has 0 saturated heterocycles. The zero-order chi connectivity index (χ0) is 23.8. The molecule has 166 valence electrons. The minimum absolute atomic E-state index is 0.0521. The number of nitrogen functional groups attached to an aromatic ring is 1. The van der Waals surface area contributed by atoms with Crippen LogP contribution in [0.25, 0.3) is 27.4 Å². The molecule has 0 radical (unpaired) electrons. The zero-order valence-electron chi connectivity index (χ0n) is 17.6. The zero-order valence-corrected chi connectivity index (χ0v) is 17.6. The lowest BCUT2D eigenvalue weighted by Crippen LogP contribution is -2.04. The number of azo groups is 1. The van der Waals surface area contributed by atoms with E-state index in [1.165, 1.54) is 35.0 Å². The van der Waals surface area contributed by atoms with Gasteiger partial charge in [0.1, 0.15) is 0 Å². The van der Waals surface area contributed by atoms with Crippen molar-refractivity contribution in [2.75, 3.05) is 5.73 Å². The van der Waals surface area contributed by atoms with Gasteiger partial charge in [-0.15, -0.1) is 10.2 Å². The van der Waals surface area contributed by atoms with E-state index in [-0.39, 0.29) is 28.6 Å². The molecular weight excluding hydrogens is 434 g/mol. The third-order valence-corrected chi connectivity index (χ3v) is 5.48. The van der Waals surface area contributed by atoms with Crippen LogP contribution in [-0.4, -0.2) is 31.6 Å². The van der Waals surface area contributed by atoms with E-state index in [2.05, 4.69) is 15.2 Å². The van der Waals surface area contributed by atoms with Gasteiger partial charge in [0, 0.05) is 27.9 Å². The second kappa shape index (κ2) is 8.14. The van der Waals surface area contributed by atoms with Gasteiger partial charge in [-0.2, -0.15) is 0 Å². The SMILES string of the molecule is Nc1c(C(=O)N=NC(=O)c2ccc(-n3c(O)c4ccccc4c3O)cc2)cnc2ccccc12. The van der Waals surface area contributed by atoms with E-state index in [1.54, 1.807) is 48.5 Å². The fourth-order valence-corrected chi connectivity index (χ4v) is 3.75. The molecule has 9 nitrogen and oxygen atoms in total. The Morgan fingerprint density at radius 2 is 1.32 bits per heavy atom. The second-order valence-electron chi connectivity index (χ2n) is 7.49. The first-order valence-corrected chi connectivity index (χ1v) is 10.2. The molecule has 0 unspecified atom stereocenters. The fourth-order valence-electron chi connectivity index (χ4n) is 3.75. The number of hydrogen-bond donors (Lipinski definition) is 3. The molecule has 34 heavy (non-hydrogen) atoms. The smallest absolute Gasteiger partial charge is 0.299 e. The summed E-state index contributed by atoms with van der Waals surface area (Å²) < 4.78 is 1.26. The van der Waals surface area contributed by atoms with E-state index in [0.29, 0.717) is 27.4 Å². The average molecular weight is 451 g/mol. The molecule has 4 N–H and O–H groups in total. The molecule has 0 bridgehead atoms. The van der Waals surface area contributed by atoms with Crippen LogP contribution < -0.4 is 5.73 Å². The summed E-state index contributed by atoms with van der Waals surface area (Å²) in [4.78, 5) is 29.1. The standard InChI is InChI=1S/C25H17N5O4/c26-21-18-7-3-4-8-20(18)27-13-19(21)23(32)29-28-22(31)14-9-11-15(12-10-14)30-24(33)16-5-1-2-6-17(16)25(30)34/h1-13,33-34H,(H2,26,27). The predicted octanol–water partition coefficient (Wildman–Crippen LogP) is 4.60. The number of carbonyl (C=O) groups excluding carboxylic acids is 2. The molecule has 2 heterocycles. The average Bonchev–Trinajstić information content (AvgIpc) is 3.13. The van der Waals surface area contributed by atoms with Crippen LogP contribution in [0.15, 0.2) is 89.2 Å². The van der Waals surface area contributed by atoms with E-state index in [1.807, 2.05) is 0 Å². The van der Waals surface area contributed by atoms with Crippen molar-refractivity contribution in [3.8, 4) is 17.4 Å². The summed E-state index contributed by atoms with van der Waals surface area (Å²) in [5.41, 5.74) is 7.58. The second-order valence-corrected chi connectivity index (χ2v) is 7.49. The number of amides is 2. The Morgan fingerprint density at radius 3 is 1.97 bits per heavy atom. The number of rotatable bonds is 3. The van der Waals surface area contributed by atoms with Crippen LogP contribution in [0, 0.1) is 0 Å². The lowest BCUT2D eigenvalue weighted by Gasteiger charge is -2.07. The fraction of sp³-hybridized carbons (Fsp3) is 0. The number of pyridine rings is 1. The largest absolute Gasteiger partial charge is 0.494 e. The third kappa shape index (κ3) is 3.41. The normalized spacial score (nSPS) is 11.4. The van der Waals surface area contributed by atoms with E-state index in [0.717, 1.165) is 0 Å². The number of anilines is 1. The van der Waals surface area contributed by atoms with Crippen LogP contribution in [0.2, 0.25) is 0 Å². The minimum atomic E-state index is -0.783. The van der Waals surface area contributed by atoms with E-state index < -0.39 is 11.8 Å². The number of nitrogens with zero attached hydrogens (tertiary/aromatic N) is 4. The summed E-state index contributed by atoms with van der Waals surface area (Å²) in [5, 5.41) is 29.6. The van der Waals surface area contributed by atoms with E-state index >= 15 is 0 Å². The van der Waals surface area contributed by atoms with Crippen LogP contribution in [0.5, 0.6) is 11.8 Å². The van der Waals surface area contributed by atoms with Crippen molar-refractivity contribution in [3.63, 3.8) is 0 Å². The Morgan fingerprint density at radius 1 is 0.765 bits per heavy atom. The third-order valence-electron chi connectivity index (χ3n) is 5.48. The Hall–Kier alpha value is -5.05. The van der Waals surface area contributed by atoms with E-state index in [9.17, 15) is 19.8 Å². The molecule has 0 aliphatic carbocycles. The van der Waals surface area contributed by atoms with Crippen molar-refractivity contribution in [1.29, 1.82) is 0 Å². The number of nitrogens with two attached hydrogens (primary N) is 1. The summed E-state index contributed by atoms with van der Waals surface area (Å²) in [5.74, 6) is -1.77. The van der Waals surface area contributed by atoms with Gasteiger partial charge in [-0.1, -0.05) is 30.3 Å². The summed E-state index contributed by atoms with van der Waals surface area (Å²) in [6, 6.07) is 20.0. The first-order chi connectivity index (χ1) is 16.5. The Labute approximate surface area is 192 Å². The number of para-hydroxylation sites is 1. The van der Waals surface area contributed by atoms with Gasteiger partial charge in [0.25, 0.3) is 11.8 Å². The molecule has 2 amide bonds. The lowest BCUT2D eigenvalue weighted by molar-refractivity contribution is 0.0947. The number of benzene rings is 3. The van der Waals surface area contributed by atoms with Gasteiger partial charge in [0.15, 0.2) is 0 Å². The maximum absolute atomic E-state index is 12.5. The predicted molar refractivity (Wildman–Crippen MR) is 126 cm³/mol. The topological polar surface area (TPSA) is 143 Å². The molecule has 0 fully saturated rings. The minimum Gasteiger partial charge on any atom is -0.494 e. The van der Waals surface area contributed by atoms with Gasteiger partial charge in [-0.3, -0.25) is 19.1 Å². The summed E-state index contributed by atoms with van der Waals surface area (Å²) in [6.07, 6.45) is 1.30. The summed E-state index contributed by atoms with van der Waals surface area (Å²) in [6.45, 7) is 0. The maximum atomic E-state index is 12.5. The number of aromatic hydroxyl groups is 2. The number of hydrogen-bond acceptors (Lipinski definition) is 6. The highest BCUT2D eigenvalue weighted by Gasteiger charge is 2.17. The van der Waals surface area contributed by atoms with Crippen LogP contribution in [0.3, 0.4) is 0 Å². The van der Waals surface area contributed by atoms with Crippen LogP contribution in [0.1, 0.15) is 20.7 Å². The van der Waals surface area contributed by atoms with Gasteiger partial charge in [-0.05, 0) is 42.5 Å². The lowest BCUT2D eigenvalue weighted by atomic mass is 10.1. The van der Waals surface area contributed by atoms with Gasteiger partial charge >= 0.3 is 0 Å². The van der Waals surface area contributed by atoms with Crippen LogP contribution in [0.4, 0.5) is 5.69 Å². The highest BCUT2D eigenvalue weighted by molar-refractivity contribution is 6.07. The Bertz CT molecular complexity index is 1580. The Balaban J connectivity index is 1.38. The van der Waals surface area contributed by atoms with Gasteiger partial charge in [0.2, 0.25) is 11.8 Å². The van der Waals surface area contributed by atoms with Crippen LogP contribution >= 0.6 is 0 Å². The number of carbonyl (C=O) groups is 2. The molecule has 9 heteroatoms. The van der Waals surface area contributed by atoms with E-state index in [4.69, 9.17) is 5.73 Å². The number of aromatic nitrogens is 2. The molecule has 0 spiro atoms. The summed E-state index contributed by atoms with van der Waals surface area (Å²) in [7, 11) is 0. The molecule has 3 aromatic carbocycles. The van der Waals surface area contributed by atoms with Crippen molar-refractivity contribution in [2.24, 2.45) is 10.2 Å².